The Morgan fingerprint density at radius 3 is 0.714 bits per heavy atom. The molecule has 7 heavy (non-hydrogen) atoms. The molecule has 0 aliphatic heterocycles. The van der Waals surface area contributed by atoms with Crippen molar-refractivity contribution in [2.45, 2.75) is 0 Å². The van der Waals surface area contributed by atoms with Crippen molar-refractivity contribution >= 4 is 41.4 Å². The van der Waals surface area contributed by atoms with Gasteiger partial charge in [0.2, 0.25) is 0 Å². The van der Waals surface area contributed by atoms with Crippen molar-refractivity contribution < 1.29 is 25.9 Å². The van der Waals surface area contributed by atoms with Gasteiger partial charge in [0.25, 0.3) is 0 Å². The van der Waals surface area contributed by atoms with E-state index in [9.17, 15) is 0 Å². The molecule has 0 aliphatic carbocycles. The molecular formula is H6Br3O3V. The molecule has 0 saturated carbocycles. The molecule has 0 saturated heterocycles. The molecule has 0 radical (unpaired) electrons. The fourth-order valence-corrected chi connectivity index (χ4v) is 0. The van der Waals surface area contributed by atoms with Crippen LogP contribution in [0.3, 0.4) is 0 Å². The Morgan fingerprint density at radius 1 is 0.714 bits per heavy atom. The molecule has 0 fully saturated rings. The van der Waals surface area contributed by atoms with Crippen molar-refractivity contribution in [2.24, 2.45) is 0 Å². The van der Waals surface area contributed by atoms with Crippen LogP contribution in [0.4, 0.5) is 0 Å². The van der Waals surface area contributed by atoms with Gasteiger partial charge in [-0.05, 0) is 0 Å². The van der Waals surface area contributed by atoms with E-state index in [1.165, 1.54) is 0 Å². The van der Waals surface area contributed by atoms with Crippen molar-refractivity contribution in [3.8, 4) is 0 Å². The van der Waals surface area contributed by atoms with E-state index >= 15 is 0 Å². The summed E-state index contributed by atoms with van der Waals surface area (Å²) in [6, 6.07) is 0. The summed E-state index contributed by atoms with van der Waals surface area (Å²) in [6.07, 6.45) is 0. The van der Waals surface area contributed by atoms with Gasteiger partial charge in [-0.2, -0.15) is 0 Å². The standard InChI is InChI=1S/3BrH.3H2O.V/h3*1H;3*1H2;/q;;;;;;+3/p-3. The molecule has 0 amide bonds. The Labute approximate surface area is 66.7 Å². The Morgan fingerprint density at radius 2 is 0.714 bits per heavy atom. The SMILES string of the molecule is O.O.O.[Br][V]([Br])[Br]. The van der Waals surface area contributed by atoms with Crippen LogP contribution < -0.4 is 0 Å². The van der Waals surface area contributed by atoms with Crippen LogP contribution >= 0.6 is 41.4 Å². The number of hydrogen-bond acceptors (Lipinski definition) is 0. The van der Waals surface area contributed by atoms with E-state index in [4.69, 9.17) is 0 Å². The summed E-state index contributed by atoms with van der Waals surface area (Å²) in [5.41, 5.74) is 0. The summed E-state index contributed by atoms with van der Waals surface area (Å²) < 4.78 is 0. The van der Waals surface area contributed by atoms with Gasteiger partial charge in [-0.1, -0.05) is 0 Å². The van der Waals surface area contributed by atoms with Gasteiger partial charge >= 0.3 is 50.9 Å². The van der Waals surface area contributed by atoms with Gasteiger partial charge in [-0.3, -0.25) is 0 Å². The first-order valence-electron chi connectivity index (χ1n) is 0.507. The van der Waals surface area contributed by atoms with Crippen LogP contribution in [0.1, 0.15) is 0 Å². The quantitative estimate of drug-likeness (QED) is 0.594. The second-order valence-corrected chi connectivity index (χ2v) is 21.3. The predicted molar refractivity (Wildman–Crippen MR) is 37.6 cm³/mol. The zero-order valence-corrected chi connectivity index (χ0v) is 9.24. The second-order valence-electron chi connectivity index (χ2n) is 0.192. The minimum absolute atomic E-state index is 0. The van der Waals surface area contributed by atoms with Crippen LogP contribution in [0.2, 0.25) is 0 Å². The Kier molecular flexibility index (Phi) is 51.8. The first-order valence-corrected chi connectivity index (χ1v) is 10.9. The zero-order chi connectivity index (χ0) is 3.58. The van der Waals surface area contributed by atoms with Crippen LogP contribution in [0, 0.1) is 0 Å². The Hall–Kier alpha value is 1.90. The van der Waals surface area contributed by atoms with E-state index in [1.54, 1.807) is 0 Å². The summed E-state index contributed by atoms with van der Waals surface area (Å²) in [5, 5.41) is 0. The van der Waals surface area contributed by atoms with Crippen LogP contribution in [-0.4, -0.2) is 16.4 Å². The van der Waals surface area contributed by atoms with Gasteiger partial charge in [-0.25, -0.2) is 0 Å². The molecule has 0 unspecified atom stereocenters. The summed E-state index contributed by atoms with van der Waals surface area (Å²) >= 11 is 9.75. The molecule has 0 aliphatic rings. The zero-order valence-electron chi connectivity index (χ0n) is 3.08. The third-order valence-corrected chi connectivity index (χ3v) is 0. The van der Waals surface area contributed by atoms with Gasteiger partial charge in [0.1, 0.15) is 0 Å². The number of halogens is 3. The van der Waals surface area contributed by atoms with Crippen molar-refractivity contribution in [3.05, 3.63) is 0 Å². The van der Waals surface area contributed by atoms with Crippen LogP contribution in [-0.2, 0) is 9.46 Å². The van der Waals surface area contributed by atoms with Crippen LogP contribution in [0.15, 0.2) is 0 Å². The summed E-state index contributed by atoms with van der Waals surface area (Å²) in [4.78, 5) is 0. The topological polar surface area (TPSA) is 94.5 Å². The van der Waals surface area contributed by atoms with E-state index in [0.29, 0.717) is 0 Å². The first-order chi connectivity index (χ1) is 1.73. The molecule has 0 rings (SSSR count). The average molecular weight is 345 g/mol. The van der Waals surface area contributed by atoms with E-state index in [-0.39, 0.29) is 16.4 Å². The van der Waals surface area contributed by atoms with Crippen LogP contribution in [0.25, 0.3) is 0 Å². The molecule has 50 valence electrons. The maximum absolute atomic E-state index is 3.25. The second kappa shape index (κ2) is 15.7. The number of hydrogen-bond donors (Lipinski definition) is 0. The van der Waals surface area contributed by atoms with Gasteiger partial charge in [0.05, 0.1) is 0 Å². The van der Waals surface area contributed by atoms with Crippen LogP contribution in [0.5, 0.6) is 0 Å². The molecular weight excluding hydrogens is 339 g/mol. The first kappa shape index (κ1) is 23.1. The molecule has 0 spiro atoms. The van der Waals surface area contributed by atoms with Gasteiger partial charge in [-0.15, -0.1) is 0 Å². The monoisotopic (exact) mass is 342 g/mol. The normalized spacial score (nSPS) is 5.14. The predicted octanol–water partition coefficient (Wildman–Crippen LogP) is 0.0602. The third-order valence-electron chi connectivity index (χ3n) is 0. The fourth-order valence-electron chi connectivity index (χ4n) is 0. The molecule has 0 aromatic heterocycles. The van der Waals surface area contributed by atoms with E-state index in [1.807, 2.05) is 0 Å². The molecule has 0 heterocycles. The molecule has 0 atom stereocenters. The summed E-state index contributed by atoms with van der Waals surface area (Å²) in [6.45, 7) is 0. The molecule has 0 bridgehead atoms. The maximum atomic E-state index is 3.25. The molecule has 7 heteroatoms. The molecule has 0 aromatic rings. The molecule has 6 N–H and O–H groups in total. The van der Waals surface area contributed by atoms with Gasteiger partial charge < -0.3 is 16.4 Å². The summed E-state index contributed by atoms with van der Waals surface area (Å²) in [5.74, 6) is 0. The van der Waals surface area contributed by atoms with E-state index in [0.717, 1.165) is 0 Å². The van der Waals surface area contributed by atoms with Gasteiger partial charge in [0, 0.05) is 0 Å². The van der Waals surface area contributed by atoms with E-state index < -0.39 is 9.46 Å². The molecule has 3 nitrogen and oxygen atoms in total. The third kappa shape index (κ3) is 76.0. The minimum atomic E-state index is -0.750. The van der Waals surface area contributed by atoms with Crippen molar-refractivity contribution in [1.29, 1.82) is 0 Å². The van der Waals surface area contributed by atoms with Crippen molar-refractivity contribution in [1.82, 2.24) is 0 Å². The Balaban J connectivity index is -0.0000000150. The Bertz CT molecular complexity index is 14.9. The van der Waals surface area contributed by atoms with E-state index in [2.05, 4.69) is 41.4 Å². The van der Waals surface area contributed by atoms with Crippen molar-refractivity contribution in [3.63, 3.8) is 0 Å². The number of rotatable bonds is 0. The van der Waals surface area contributed by atoms with Gasteiger partial charge in [0.15, 0.2) is 0 Å². The summed E-state index contributed by atoms with van der Waals surface area (Å²) in [7, 11) is -0.750. The fraction of sp³-hybridized carbons (Fsp3) is 0. The average Bonchev–Trinajstić information content (AvgIpc) is 0.811. The van der Waals surface area contributed by atoms with Crippen molar-refractivity contribution in [2.75, 3.05) is 0 Å². The molecule has 0 aromatic carbocycles.